The molecular weight excluding hydrogens is 406 g/mol. The molecule has 1 aromatic carbocycles. The Labute approximate surface area is 182 Å². The summed E-state index contributed by atoms with van der Waals surface area (Å²) in [7, 11) is 0. The van der Waals surface area contributed by atoms with Crippen LogP contribution in [-0.4, -0.2) is 54.2 Å². The first-order valence-corrected chi connectivity index (χ1v) is 11.7. The third kappa shape index (κ3) is 5.77. The molecule has 1 aromatic rings. The summed E-state index contributed by atoms with van der Waals surface area (Å²) in [5.74, 6) is 0.0222. The van der Waals surface area contributed by atoms with Gasteiger partial charge in [0.2, 0.25) is 5.91 Å². The lowest BCUT2D eigenvalue weighted by atomic mass is 9.84. The second-order valence-corrected chi connectivity index (χ2v) is 9.28. The zero-order valence-corrected chi connectivity index (χ0v) is 18.7. The van der Waals surface area contributed by atoms with Crippen molar-refractivity contribution >= 4 is 41.3 Å². The summed E-state index contributed by atoms with van der Waals surface area (Å²) in [6.45, 7) is 7.80. The van der Waals surface area contributed by atoms with Crippen LogP contribution < -0.4 is 10.6 Å². The molecule has 29 heavy (non-hydrogen) atoms. The number of likely N-dealkylation sites (N-methyl/N-ethyl adjacent to an activating group) is 1. The van der Waals surface area contributed by atoms with E-state index in [-0.39, 0.29) is 23.8 Å². The normalized spacial score (nSPS) is 25.6. The molecule has 7 heteroatoms. The third-order valence-corrected chi connectivity index (χ3v) is 7.56. The summed E-state index contributed by atoms with van der Waals surface area (Å²) in [5, 5.41) is 7.15. The van der Waals surface area contributed by atoms with Crippen LogP contribution in [0.4, 0.5) is 0 Å². The van der Waals surface area contributed by atoms with Crippen LogP contribution in [0.3, 0.4) is 0 Å². The number of nitrogens with one attached hydrogen (secondary N) is 2. The van der Waals surface area contributed by atoms with Gasteiger partial charge in [-0.05, 0) is 50.1 Å². The Morgan fingerprint density at radius 1 is 1.31 bits per heavy atom. The summed E-state index contributed by atoms with van der Waals surface area (Å²) in [5.41, 5.74) is 0.853. The Bertz CT molecular complexity index is 766. The van der Waals surface area contributed by atoms with Crippen molar-refractivity contribution in [2.45, 2.75) is 44.4 Å². The molecule has 3 atom stereocenters. The number of carbonyl (C=O) groups is 2. The fourth-order valence-corrected chi connectivity index (χ4v) is 5.46. The predicted molar refractivity (Wildman–Crippen MR) is 121 cm³/mol. The molecular formula is C22H30ClN3O2S. The molecule has 0 aromatic heterocycles. The van der Waals surface area contributed by atoms with Gasteiger partial charge in [-0.25, -0.2) is 0 Å². The lowest BCUT2D eigenvalue weighted by Crippen LogP contribution is -2.51. The van der Waals surface area contributed by atoms with E-state index in [1.165, 1.54) is 0 Å². The molecule has 0 bridgehead atoms. The number of benzene rings is 1. The Hall–Kier alpha value is -1.50. The van der Waals surface area contributed by atoms with Crippen molar-refractivity contribution < 1.29 is 9.59 Å². The van der Waals surface area contributed by atoms with Gasteiger partial charge >= 0.3 is 0 Å². The van der Waals surface area contributed by atoms with E-state index in [4.69, 9.17) is 11.6 Å². The third-order valence-electron chi connectivity index (χ3n) is 5.79. The van der Waals surface area contributed by atoms with Gasteiger partial charge in [-0.3, -0.25) is 9.59 Å². The molecule has 3 unspecified atom stereocenters. The van der Waals surface area contributed by atoms with E-state index >= 15 is 0 Å². The first kappa shape index (κ1) is 22.2. The monoisotopic (exact) mass is 435 g/mol. The van der Waals surface area contributed by atoms with E-state index in [1.807, 2.05) is 30.3 Å². The van der Waals surface area contributed by atoms with Crippen LogP contribution in [0.15, 0.2) is 29.2 Å². The van der Waals surface area contributed by atoms with E-state index in [0.29, 0.717) is 28.1 Å². The number of rotatable bonds is 7. The van der Waals surface area contributed by atoms with Crippen molar-refractivity contribution in [3.05, 3.63) is 39.8 Å². The molecule has 1 aliphatic heterocycles. The average Bonchev–Trinajstić information content (AvgIpc) is 2.73. The molecule has 2 aliphatic rings. The molecule has 1 saturated carbocycles. The number of fused-ring (bicyclic) bond motifs is 1. The molecule has 0 spiro atoms. The highest BCUT2D eigenvalue weighted by Crippen LogP contribution is 2.40. The van der Waals surface area contributed by atoms with Crippen LogP contribution >= 0.6 is 23.4 Å². The van der Waals surface area contributed by atoms with Crippen molar-refractivity contribution in [2.24, 2.45) is 5.92 Å². The first-order chi connectivity index (χ1) is 14.0. The fourth-order valence-electron chi connectivity index (χ4n) is 3.98. The van der Waals surface area contributed by atoms with Crippen LogP contribution in [0.1, 0.15) is 38.7 Å². The standard InChI is InChI=1S/C22H30ClN3O2S/c1-3-26(4-2)12-11-24-21(27)16-9-10-19-18(13-16)25-22(28)20(29-19)14-15-7-5-6-8-17(15)23/h5-8,14,16,18-19H,3-4,9-13H2,1-2H3,(H,24,27)(H,25,28)/b20-14+. The molecule has 1 saturated heterocycles. The number of hydrogen-bond acceptors (Lipinski definition) is 4. The van der Waals surface area contributed by atoms with E-state index in [2.05, 4.69) is 29.4 Å². The summed E-state index contributed by atoms with van der Waals surface area (Å²) in [4.78, 5) is 28.2. The van der Waals surface area contributed by atoms with Gasteiger partial charge in [-0.15, -0.1) is 11.8 Å². The van der Waals surface area contributed by atoms with Crippen LogP contribution in [0.5, 0.6) is 0 Å². The second-order valence-electron chi connectivity index (χ2n) is 7.59. The van der Waals surface area contributed by atoms with Gasteiger partial charge in [-0.1, -0.05) is 43.6 Å². The van der Waals surface area contributed by atoms with Crippen molar-refractivity contribution in [1.82, 2.24) is 15.5 Å². The summed E-state index contributed by atoms with van der Waals surface area (Å²) in [6, 6.07) is 7.57. The van der Waals surface area contributed by atoms with Crippen molar-refractivity contribution in [3.8, 4) is 0 Å². The number of hydrogen-bond donors (Lipinski definition) is 2. The SMILES string of the molecule is CCN(CC)CCNC(=O)C1CCC2S/C(=C/c3ccccc3Cl)C(=O)NC2C1. The number of nitrogens with zero attached hydrogens (tertiary/aromatic N) is 1. The van der Waals surface area contributed by atoms with E-state index < -0.39 is 0 Å². The highest BCUT2D eigenvalue weighted by molar-refractivity contribution is 8.04. The number of amides is 2. The van der Waals surface area contributed by atoms with Gasteiger partial charge in [0.1, 0.15) is 0 Å². The zero-order valence-electron chi connectivity index (χ0n) is 17.1. The fraction of sp³-hybridized carbons (Fsp3) is 0.545. The average molecular weight is 436 g/mol. The van der Waals surface area contributed by atoms with Gasteiger partial charge in [0.15, 0.2) is 0 Å². The van der Waals surface area contributed by atoms with Gasteiger partial charge in [0.05, 0.1) is 4.91 Å². The Kier molecular flexibility index (Phi) is 8.04. The molecule has 2 fully saturated rings. The maximum Gasteiger partial charge on any atom is 0.257 e. The Balaban J connectivity index is 1.55. The van der Waals surface area contributed by atoms with Crippen molar-refractivity contribution in [1.29, 1.82) is 0 Å². The van der Waals surface area contributed by atoms with Crippen molar-refractivity contribution in [3.63, 3.8) is 0 Å². The van der Waals surface area contributed by atoms with Gasteiger partial charge < -0.3 is 15.5 Å². The summed E-state index contributed by atoms with van der Waals surface area (Å²) in [6.07, 6.45) is 4.36. The minimum atomic E-state index is -0.0706. The first-order valence-electron chi connectivity index (χ1n) is 10.5. The summed E-state index contributed by atoms with van der Waals surface area (Å²) >= 11 is 7.85. The predicted octanol–water partition coefficient (Wildman–Crippen LogP) is 3.54. The van der Waals surface area contributed by atoms with E-state index in [1.54, 1.807) is 11.8 Å². The maximum absolute atomic E-state index is 12.6. The molecule has 3 rings (SSSR count). The minimum Gasteiger partial charge on any atom is -0.355 e. The molecule has 158 valence electrons. The quantitative estimate of drug-likeness (QED) is 0.643. The van der Waals surface area contributed by atoms with Gasteiger partial charge in [0, 0.05) is 35.3 Å². The van der Waals surface area contributed by atoms with Crippen LogP contribution in [0.2, 0.25) is 5.02 Å². The summed E-state index contributed by atoms with van der Waals surface area (Å²) < 4.78 is 0. The van der Waals surface area contributed by atoms with E-state index in [0.717, 1.165) is 38.0 Å². The highest BCUT2D eigenvalue weighted by atomic mass is 35.5. The maximum atomic E-state index is 12.6. The topological polar surface area (TPSA) is 61.4 Å². The lowest BCUT2D eigenvalue weighted by Gasteiger charge is -2.39. The van der Waals surface area contributed by atoms with Crippen molar-refractivity contribution in [2.75, 3.05) is 26.2 Å². The number of halogens is 1. The highest BCUT2D eigenvalue weighted by Gasteiger charge is 2.39. The molecule has 0 radical (unpaired) electrons. The Morgan fingerprint density at radius 3 is 2.79 bits per heavy atom. The van der Waals surface area contributed by atoms with Crippen LogP contribution in [0, 0.1) is 5.92 Å². The molecule has 2 N–H and O–H groups in total. The minimum absolute atomic E-state index is 0.0250. The van der Waals surface area contributed by atoms with Gasteiger partial charge in [-0.2, -0.15) is 0 Å². The Morgan fingerprint density at radius 2 is 2.07 bits per heavy atom. The second kappa shape index (κ2) is 10.5. The molecule has 2 amide bonds. The zero-order chi connectivity index (χ0) is 20.8. The lowest BCUT2D eigenvalue weighted by molar-refractivity contribution is -0.127. The number of thioether (sulfide) groups is 1. The van der Waals surface area contributed by atoms with E-state index in [9.17, 15) is 9.59 Å². The largest absolute Gasteiger partial charge is 0.355 e. The number of carbonyl (C=O) groups excluding carboxylic acids is 2. The van der Waals surface area contributed by atoms with Gasteiger partial charge in [0.25, 0.3) is 5.91 Å². The molecule has 1 heterocycles. The molecule has 5 nitrogen and oxygen atoms in total. The van der Waals surface area contributed by atoms with Crippen LogP contribution in [-0.2, 0) is 9.59 Å². The van der Waals surface area contributed by atoms with Crippen LogP contribution in [0.25, 0.3) is 6.08 Å². The molecule has 1 aliphatic carbocycles. The smallest absolute Gasteiger partial charge is 0.257 e.